The molecule has 0 aromatic heterocycles. The molecule has 0 spiro atoms. The fourth-order valence-corrected chi connectivity index (χ4v) is 3.16. The predicted octanol–water partition coefficient (Wildman–Crippen LogP) is 4.52. The van der Waals surface area contributed by atoms with Crippen molar-refractivity contribution < 1.29 is 9.59 Å². The standard InChI is InChI=1S/C24H22N2O2/c27-23(14-13-19-8-4-7-18-6-1-2-10-22(18)19)25-16-17-5-3-9-21(15-17)26-24(28)20-11-12-20/h1-10,13-15,20H,11-12,16H2,(H,25,27)(H,26,28)/b14-13+. The zero-order valence-electron chi connectivity index (χ0n) is 15.5. The first-order valence-corrected chi connectivity index (χ1v) is 9.52. The first-order valence-electron chi connectivity index (χ1n) is 9.52. The van der Waals surface area contributed by atoms with Gasteiger partial charge >= 0.3 is 0 Å². The highest BCUT2D eigenvalue weighted by Crippen LogP contribution is 2.30. The molecule has 0 unspecified atom stereocenters. The number of amides is 2. The Labute approximate surface area is 164 Å². The summed E-state index contributed by atoms with van der Waals surface area (Å²) in [4.78, 5) is 24.1. The van der Waals surface area contributed by atoms with Crippen LogP contribution in [0.15, 0.2) is 72.8 Å². The number of carbonyl (C=O) groups is 2. The lowest BCUT2D eigenvalue weighted by Gasteiger charge is -2.07. The highest BCUT2D eigenvalue weighted by atomic mass is 16.2. The normalized spacial score (nSPS) is 13.6. The van der Waals surface area contributed by atoms with Gasteiger partial charge in [0.1, 0.15) is 0 Å². The maximum Gasteiger partial charge on any atom is 0.244 e. The average Bonchev–Trinajstić information content (AvgIpc) is 3.56. The van der Waals surface area contributed by atoms with Crippen LogP contribution in [0.25, 0.3) is 16.8 Å². The van der Waals surface area contributed by atoms with E-state index in [-0.39, 0.29) is 17.7 Å². The fraction of sp³-hybridized carbons (Fsp3) is 0.167. The monoisotopic (exact) mass is 370 g/mol. The van der Waals surface area contributed by atoms with Crippen LogP contribution in [0.4, 0.5) is 5.69 Å². The van der Waals surface area contributed by atoms with E-state index < -0.39 is 0 Å². The maximum absolute atomic E-state index is 12.2. The Morgan fingerprint density at radius 3 is 2.61 bits per heavy atom. The molecule has 1 aliphatic rings. The summed E-state index contributed by atoms with van der Waals surface area (Å²) in [7, 11) is 0. The van der Waals surface area contributed by atoms with Gasteiger partial charge in [-0.25, -0.2) is 0 Å². The van der Waals surface area contributed by atoms with Gasteiger partial charge < -0.3 is 10.6 Å². The number of hydrogen-bond donors (Lipinski definition) is 2. The maximum atomic E-state index is 12.2. The minimum atomic E-state index is -0.152. The third-order valence-corrected chi connectivity index (χ3v) is 4.85. The van der Waals surface area contributed by atoms with Crippen molar-refractivity contribution in [2.45, 2.75) is 19.4 Å². The molecule has 4 heteroatoms. The molecule has 1 aliphatic carbocycles. The minimum Gasteiger partial charge on any atom is -0.348 e. The summed E-state index contributed by atoms with van der Waals surface area (Å²) in [5.41, 5.74) is 2.73. The molecule has 0 saturated heterocycles. The smallest absolute Gasteiger partial charge is 0.244 e. The van der Waals surface area contributed by atoms with Crippen LogP contribution in [-0.4, -0.2) is 11.8 Å². The van der Waals surface area contributed by atoms with Crippen molar-refractivity contribution >= 4 is 34.4 Å². The predicted molar refractivity (Wildman–Crippen MR) is 113 cm³/mol. The van der Waals surface area contributed by atoms with Crippen molar-refractivity contribution in [3.63, 3.8) is 0 Å². The van der Waals surface area contributed by atoms with Crippen molar-refractivity contribution in [3.05, 3.63) is 83.9 Å². The second kappa shape index (κ2) is 8.09. The summed E-state index contributed by atoms with van der Waals surface area (Å²) in [6.07, 6.45) is 5.35. The molecule has 3 aromatic rings. The van der Waals surface area contributed by atoms with E-state index in [1.165, 1.54) is 0 Å². The summed E-state index contributed by atoms with van der Waals surface area (Å²) in [6, 6.07) is 21.7. The molecule has 0 heterocycles. The van der Waals surface area contributed by atoms with E-state index >= 15 is 0 Å². The molecular formula is C24H22N2O2. The Morgan fingerprint density at radius 2 is 1.75 bits per heavy atom. The van der Waals surface area contributed by atoms with Gasteiger partial charge in [-0.3, -0.25) is 9.59 Å². The van der Waals surface area contributed by atoms with E-state index in [1.807, 2.05) is 60.7 Å². The van der Waals surface area contributed by atoms with Crippen LogP contribution < -0.4 is 10.6 Å². The second-order valence-electron chi connectivity index (χ2n) is 7.08. The largest absolute Gasteiger partial charge is 0.348 e. The number of rotatable bonds is 6. The molecule has 2 amide bonds. The van der Waals surface area contributed by atoms with E-state index in [9.17, 15) is 9.59 Å². The Balaban J connectivity index is 1.36. The Kier molecular flexibility index (Phi) is 5.20. The molecule has 1 saturated carbocycles. The third-order valence-electron chi connectivity index (χ3n) is 4.85. The molecule has 3 aromatic carbocycles. The van der Waals surface area contributed by atoms with Crippen molar-refractivity contribution in [1.82, 2.24) is 5.32 Å². The van der Waals surface area contributed by atoms with Crippen LogP contribution in [0.5, 0.6) is 0 Å². The van der Waals surface area contributed by atoms with E-state index in [0.717, 1.165) is 40.4 Å². The van der Waals surface area contributed by atoms with Crippen molar-refractivity contribution in [2.24, 2.45) is 5.92 Å². The SMILES string of the molecule is O=C(/C=C/c1cccc2ccccc12)NCc1cccc(NC(=O)C2CC2)c1. The van der Waals surface area contributed by atoms with Crippen LogP contribution in [-0.2, 0) is 16.1 Å². The highest BCUT2D eigenvalue weighted by molar-refractivity contribution is 5.97. The molecule has 0 atom stereocenters. The van der Waals surface area contributed by atoms with Crippen molar-refractivity contribution in [3.8, 4) is 0 Å². The van der Waals surface area contributed by atoms with E-state index in [0.29, 0.717) is 6.54 Å². The van der Waals surface area contributed by atoms with Gasteiger partial charge in [0.2, 0.25) is 11.8 Å². The van der Waals surface area contributed by atoms with Gasteiger partial charge in [-0.05, 0) is 52.9 Å². The molecular weight excluding hydrogens is 348 g/mol. The van der Waals surface area contributed by atoms with Crippen LogP contribution in [0, 0.1) is 5.92 Å². The number of hydrogen-bond acceptors (Lipinski definition) is 2. The molecule has 0 bridgehead atoms. The van der Waals surface area contributed by atoms with Crippen molar-refractivity contribution in [2.75, 3.05) is 5.32 Å². The van der Waals surface area contributed by atoms with Crippen LogP contribution in [0.2, 0.25) is 0 Å². The zero-order valence-corrected chi connectivity index (χ0v) is 15.5. The minimum absolute atomic E-state index is 0.0826. The summed E-state index contributed by atoms with van der Waals surface area (Å²) < 4.78 is 0. The summed E-state index contributed by atoms with van der Waals surface area (Å²) in [5.74, 6) is 0.0992. The molecule has 140 valence electrons. The lowest BCUT2D eigenvalue weighted by atomic mass is 10.0. The molecule has 4 rings (SSSR count). The Bertz CT molecular complexity index is 1050. The summed E-state index contributed by atoms with van der Waals surface area (Å²) in [5, 5.41) is 8.09. The number of carbonyl (C=O) groups excluding carboxylic acids is 2. The molecule has 0 aliphatic heterocycles. The van der Waals surface area contributed by atoms with E-state index in [2.05, 4.69) is 22.8 Å². The third kappa shape index (κ3) is 4.46. The average molecular weight is 370 g/mol. The number of fused-ring (bicyclic) bond motifs is 1. The van der Waals surface area contributed by atoms with Crippen molar-refractivity contribution in [1.29, 1.82) is 0 Å². The van der Waals surface area contributed by atoms with Gasteiger partial charge in [-0.15, -0.1) is 0 Å². The van der Waals surface area contributed by atoms with Gasteiger partial charge in [0, 0.05) is 24.2 Å². The van der Waals surface area contributed by atoms with Crippen LogP contribution >= 0.6 is 0 Å². The lowest BCUT2D eigenvalue weighted by molar-refractivity contribution is -0.117. The number of benzene rings is 3. The first-order chi connectivity index (χ1) is 13.7. The molecule has 4 nitrogen and oxygen atoms in total. The van der Waals surface area contributed by atoms with Gasteiger partial charge in [0.05, 0.1) is 0 Å². The van der Waals surface area contributed by atoms with Gasteiger partial charge in [-0.2, -0.15) is 0 Å². The van der Waals surface area contributed by atoms with Gasteiger partial charge in [-0.1, -0.05) is 54.6 Å². The zero-order chi connectivity index (χ0) is 19.3. The summed E-state index contributed by atoms with van der Waals surface area (Å²) >= 11 is 0. The number of anilines is 1. The summed E-state index contributed by atoms with van der Waals surface area (Å²) in [6.45, 7) is 0.409. The van der Waals surface area contributed by atoms with Gasteiger partial charge in [0.15, 0.2) is 0 Å². The van der Waals surface area contributed by atoms with Gasteiger partial charge in [0.25, 0.3) is 0 Å². The highest BCUT2D eigenvalue weighted by Gasteiger charge is 2.29. The lowest BCUT2D eigenvalue weighted by Crippen LogP contribution is -2.20. The molecule has 1 fully saturated rings. The number of nitrogens with one attached hydrogen (secondary N) is 2. The van der Waals surface area contributed by atoms with Crippen LogP contribution in [0.1, 0.15) is 24.0 Å². The second-order valence-corrected chi connectivity index (χ2v) is 7.08. The first kappa shape index (κ1) is 18.0. The van der Waals surface area contributed by atoms with E-state index in [4.69, 9.17) is 0 Å². The quantitative estimate of drug-likeness (QED) is 0.627. The topological polar surface area (TPSA) is 58.2 Å². The molecule has 0 radical (unpaired) electrons. The van der Waals surface area contributed by atoms with Crippen LogP contribution in [0.3, 0.4) is 0 Å². The Morgan fingerprint density at radius 1 is 0.964 bits per heavy atom. The molecule has 2 N–H and O–H groups in total. The molecule has 28 heavy (non-hydrogen) atoms. The Hall–Kier alpha value is -3.40. The fourth-order valence-electron chi connectivity index (χ4n) is 3.16. The van der Waals surface area contributed by atoms with E-state index in [1.54, 1.807) is 6.08 Å².